The van der Waals surface area contributed by atoms with Crippen molar-refractivity contribution in [2.24, 2.45) is 0 Å². The molecular weight excluding hydrogens is 221 g/mol. The van der Waals surface area contributed by atoms with E-state index < -0.39 is 17.4 Å². The summed E-state index contributed by atoms with van der Waals surface area (Å²) in [5, 5.41) is 0. The molecule has 16 heavy (non-hydrogen) atoms. The van der Waals surface area contributed by atoms with Crippen LogP contribution < -0.4 is 5.56 Å². The SMILES string of the molecule is Cc1cccc2nc(C(F)(F)F)cc(=O)n12. The van der Waals surface area contributed by atoms with Gasteiger partial charge in [0, 0.05) is 11.8 Å². The second-order valence-corrected chi connectivity index (χ2v) is 3.34. The highest BCUT2D eigenvalue weighted by atomic mass is 19.4. The number of aromatic nitrogens is 2. The van der Waals surface area contributed by atoms with E-state index in [9.17, 15) is 18.0 Å². The summed E-state index contributed by atoms with van der Waals surface area (Å²) in [6.45, 7) is 1.63. The Hall–Kier alpha value is -1.85. The first kappa shape index (κ1) is 10.7. The quantitative estimate of drug-likeness (QED) is 0.691. The normalized spacial score (nSPS) is 12.0. The van der Waals surface area contributed by atoms with Crippen LogP contribution >= 0.6 is 0 Å². The number of alkyl halides is 3. The molecule has 2 aromatic rings. The molecule has 0 aliphatic carbocycles. The third-order valence-corrected chi connectivity index (χ3v) is 2.17. The summed E-state index contributed by atoms with van der Waals surface area (Å²) in [7, 11) is 0. The highest BCUT2D eigenvalue weighted by Crippen LogP contribution is 2.26. The molecular formula is C10H7F3N2O. The van der Waals surface area contributed by atoms with Gasteiger partial charge in [0.15, 0.2) is 5.69 Å². The van der Waals surface area contributed by atoms with Crippen LogP contribution in [0.2, 0.25) is 0 Å². The number of fused-ring (bicyclic) bond motifs is 1. The monoisotopic (exact) mass is 228 g/mol. The fraction of sp³-hybridized carbons (Fsp3) is 0.200. The van der Waals surface area contributed by atoms with Crippen LogP contribution in [0.5, 0.6) is 0 Å². The van der Waals surface area contributed by atoms with Crippen molar-refractivity contribution in [3.63, 3.8) is 0 Å². The van der Waals surface area contributed by atoms with E-state index >= 15 is 0 Å². The zero-order valence-corrected chi connectivity index (χ0v) is 8.25. The molecule has 84 valence electrons. The van der Waals surface area contributed by atoms with E-state index in [2.05, 4.69) is 4.98 Å². The molecule has 0 saturated carbocycles. The second-order valence-electron chi connectivity index (χ2n) is 3.34. The summed E-state index contributed by atoms with van der Waals surface area (Å²) >= 11 is 0. The van der Waals surface area contributed by atoms with Gasteiger partial charge in [-0.2, -0.15) is 13.2 Å². The van der Waals surface area contributed by atoms with Gasteiger partial charge in [-0.1, -0.05) is 6.07 Å². The minimum absolute atomic E-state index is 0.000162. The summed E-state index contributed by atoms with van der Waals surface area (Å²) in [4.78, 5) is 14.9. The van der Waals surface area contributed by atoms with Crippen molar-refractivity contribution in [2.75, 3.05) is 0 Å². The lowest BCUT2D eigenvalue weighted by Gasteiger charge is -2.08. The Kier molecular flexibility index (Phi) is 2.22. The molecule has 2 rings (SSSR count). The first-order valence-electron chi connectivity index (χ1n) is 4.46. The summed E-state index contributed by atoms with van der Waals surface area (Å²) < 4.78 is 38.3. The van der Waals surface area contributed by atoms with Gasteiger partial charge < -0.3 is 0 Å². The van der Waals surface area contributed by atoms with E-state index in [1.165, 1.54) is 6.07 Å². The largest absolute Gasteiger partial charge is 0.433 e. The minimum atomic E-state index is -4.60. The van der Waals surface area contributed by atoms with Gasteiger partial charge in [-0.3, -0.25) is 9.20 Å². The summed E-state index contributed by atoms with van der Waals surface area (Å²) in [5.74, 6) is 0. The smallest absolute Gasteiger partial charge is 0.269 e. The number of pyridine rings is 1. The Morgan fingerprint density at radius 1 is 1.31 bits per heavy atom. The molecule has 0 spiro atoms. The van der Waals surface area contributed by atoms with Crippen molar-refractivity contribution in [1.82, 2.24) is 9.38 Å². The Balaban J connectivity index is 2.85. The molecule has 0 saturated heterocycles. The fourth-order valence-electron chi connectivity index (χ4n) is 1.46. The number of hydrogen-bond donors (Lipinski definition) is 0. The van der Waals surface area contributed by atoms with Crippen LogP contribution in [0.4, 0.5) is 13.2 Å². The fourth-order valence-corrected chi connectivity index (χ4v) is 1.46. The zero-order valence-electron chi connectivity index (χ0n) is 8.25. The third kappa shape index (κ3) is 1.66. The van der Waals surface area contributed by atoms with E-state index in [1.54, 1.807) is 19.1 Å². The van der Waals surface area contributed by atoms with E-state index in [4.69, 9.17) is 0 Å². The molecule has 0 fully saturated rings. The Bertz CT molecular complexity index is 601. The van der Waals surface area contributed by atoms with Crippen LogP contribution in [0.25, 0.3) is 5.65 Å². The van der Waals surface area contributed by atoms with Crippen molar-refractivity contribution >= 4 is 5.65 Å². The van der Waals surface area contributed by atoms with Gasteiger partial charge in [-0.05, 0) is 19.1 Å². The molecule has 2 heterocycles. The molecule has 6 heteroatoms. The van der Waals surface area contributed by atoms with Crippen molar-refractivity contribution in [2.45, 2.75) is 13.1 Å². The van der Waals surface area contributed by atoms with Crippen molar-refractivity contribution in [3.05, 3.63) is 46.0 Å². The first-order chi connectivity index (χ1) is 7.39. The van der Waals surface area contributed by atoms with E-state index in [0.717, 1.165) is 4.40 Å². The van der Waals surface area contributed by atoms with Crippen molar-refractivity contribution < 1.29 is 13.2 Å². The van der Waals surface area contributed by atoms with Gasteiger partial charge in [-0.15, -0.1) is 0 Å². The molecule has 3 nitrogen and oxygen atoms in total. The minimum Gasteiger partial charge on any atom is -0.269 e. The number of rotatable bonds is 0. The molecule has 0 N–H and O–H groups in total. The van der Waals surface area contributed by atoms with Gasteiger partial charge in [0.2, 0.25) is 0 Å². The highest BCUT2D eigenvalue weighted by Gasteiger charge is 2.33. The van der Waals surface area contributed by atoms with Crippen molar-refractivity contribution in [3.8, 4) is 0 Å². The molecule has 0 unspecified atom stereocenters. The zero-order chi connectivity index (χ0) is 11.9. The average Bonchev–Trinajstić information content (AvgIpc) is 2.15. The third-order valence-electron chi connectivity index (χ3n) is 2.17. The lowest BCUT2D eigenvalue weighted by atomic mass is 10.3. The number of nitrogens with zero attached hydrogens (tertiary/aromatic N) is 2. The molecule has 0 aromatic carbocycles. The van der Waals surface area contributed by atoms with Gasteiger partial charge in [-0.25, -0.2) is 4.98 Å². The molecule has 0 amide bonds. The van der Waals surface area contributed by atoms with E-state index in [-0.39, 0.29) is 5.65 Å². The highest BCUT2D eigenvalue weighted by molar-refractivity contribution is 5.40. The van der Waals surface area contributed by atoms with Gasteiger partial charge in [0.25, 0.3) is 5.56 Å². The average molecular weight is 228 g/mol. The van der Waals surface area contributed by atoms with Crippen LogP contribution in [0.1, 0.15) is 11.4 Å². The van der Waals surface area contributed by atoms with Crippen LogP contribution in [-0.4, -0.2) is 9.38 Å². The molecule has 0 bridgehead atoms. The number of aryl methyl sites for hydroxylation is 1. The topological polar surface area (TPSA) is 34.4 Å². The van der Waals surface area contributed by atoms with E-state index in [0.29, 0.717) is 11.8 Å². The molecule has 0 aliphatic rings. The summed E-state index contributed by atoms with van der Waals surface area (Å²) in [6, 6.07) is 5.05. The maximum absolute atomic E-state index is 12.4. The second kappa shape index (κ2) is 3.33. The lowest BCUT2D eigenvalue weighted by Crippen LogP contribution is -2.21. The van der Waals surface area contributed by atoms with Gasteiger partial charge in [0.05, 0.1) is 0 Å². The van der Waals surface area contributed by atoms with Crippen LogP contribution in [-0.2, 0) is 6.18 Å². The maximum Gasteiger partial charge on any atom is 0.433 e. The molecule has 2 aromatic heterocycles. The maximum atomic E-state index is 12.4. The molecule has 0 aliphatic heterocycles. The summed E-state index contributed by atoms with van der Waals surface area (Å²) in [6.07, 6.45) is -4.60. The lowest BCUT2D eigenvalue weighted by molar-refractivity contribution is -0.141. The van der Waals surface area contributed by atoms with Crippen molar-refractivity contribution in [1.29, 1.82) is 0 Å². The standard InChI is InChI=1S/C10H7F3N2O/c1-6-3-2-4-8-14-7(10(11,12)13)5-9(16)15(6)8/h2-5H,1H3. The number of halogens is 3. The molecule has 0 atom stereocenters. The van der Waals surface area contributed by atoms with Gasteiger partial charge >= 0.3 is 6.18 Å². The van der Waals surface area contributed by atoms with Crippen LogP contribution in [0, 0.1) is 6.92 Å². The Morgan fingerprint density at radius 2 is 2.00 bits per heavy atom. The molecule has 0 radical (unpaired) electrons. The van der Waals surface area contributed by atoms with Crippen LogP contribution in [0.15, 0.2) is 29.1 Å². The predicted octanol–water partition coefficient (Wildman–Crippen LogP) is 2.02. The number of hydrogen-bond acceptors (Lipinski definition) is 2. The Morgan fingerprint density at radius 3 is 2.62 bits per heavy atom. The van der Waals surface area contributed by atoms with Gasteiger partial charge in [0.1, 0.15) is 5.65 Å². The van der Waals surface area contributed by atoms with E-state index in [1.807, 2.05) is 0 Å². The Labute approximate surface area is 88.2 Å². The summed E-state index contributed by atoms with van der Waals surface area (Å²) in [5.41, 5.74) is -1.35. The predicted molar refractivity (Wildman–Crippen MR) is 51.2 cm³/mol. The van der Waals surface area contributed by atoms with Crippen LogP contribution in [0.3, 0.4) is 0 Å². The first-order valence-corrected chi connectivity index (χ1v) is 4.46.